The van der Waals surface area contributed by atoms with Gasteiger partial charge in [-0.05, 0) is 31.6 Å². The fourth-order valence-electron chi connectivity index (χ4n) is 3.00. The molecule has 1 aromatic rings. The van der Waals surface area contributed by atoms with Crippen molar-refractivity contribution in [2.45, 2.75) is 26.2 Å². The fraction of sp³-hybridized carbons (Fsp3) is 0.800. The Bertz CT molecular complexity index is 456. The van der Waals surface area contributed by atoms with Crippen LogP contribution in [0.1, 0.15) is 24.1 Å². The lowest BCUT2D eigenvalue weighted by Crippen LogP contribution is -2.41. The Morgan fingerprint density at radius 1 is 1.43 bits per heavy atom. The molecule has 0 amide bonds. The zero-order valence-corrected chi connectivity index (χ0v) is 14.0. The molecule has 2 rings (SSSR count). The van der Waals surface area contributed by atoms with Gasteiger partial charge in [0.1, 0.15) is 5.15 Å². The number of ether oxygens (including phenoxy) is 2. The average molecular weight is 316 g/mol. The molecule has 0 aromatic carbocycles. The van der Waals surface area contributed by atoms with E-state index in [1.165, 1.54) is 5.56 Å². The van der Waals surface area contributed by atoms with Gasteiger partial charge in [0.2, 0.25) is 0 Å². The Labute approximate surface area is 131 Å². The van der Waals surface area contributed by atoms with E-state index >= 15 is 0 Å². The zero-order valence-electron chi connectivity index (χ0n) is 13.2. The lowest BCUT2D eigenvalue weighted by atomic mass is 9.75. The topological polar surface area (TPSA) is 48.3 Å². The minimum atomic E-state index is 0.198. The summed E-state index contributed by atoms with van der Waals surface area (Å²) < 4.78 is 12.4. The highest BCUT2D eigenvalue weighted by atomic mass is 35.5. The van der Waals surface area contributed by atoms with Crippen molar-refractivity contribution < 1.29 is 9.47 Å². The minimum absolute atomic E-state index is 0.198. The van der Waals surface area contributed by atoms with Gasteiger partial charge < -0.3 is 14.8 Å². The van der Waals surface area contributed by atoms with E-state index in [1.54, 1.807) is 11.8 Å². The normalized spacial score (nSPS) is 18.1. The van der Waals surface area contributed by atoms with E-state index in [1.807, 2.05) is 14.0 Å². The number of methoxy groups -OCH3 is 1. The molecule has 0 bridgehead atoms. The summed E-state index contributed by atoms with van der Waals surface area (Å²) in [6.45, 7) is 6.25. The van der Waals surface area contributed by atoms with E-state index < -0.39 is 0 Å². The number of aryl methyl sites for hydroxylation is 2. The van der Waals surface area contributed by atoms with Crippen LogP contribution in [-0.2, 0) is 22.9 Å². The van der Waals surface area contributed by atoms with E-state index in [4.69, 9.17) is 21.1 Å². The van der Waals surface area contributed by atoms with Gasteiger partial charge in [-0.25, -0.2) is 0 Å². The van der Waals surface area contributed by atoms with Crippen LogP contribution in [0.3, 0.4) is 0 Å². The Hall–Kier alpha value is -0.620. The highest BCUT2D eigenvalue weighted by Crippen LogP contribution is 2.36. The van der Waals surface area contributed by atoms with Gasteiger partial charge >= 0.3 is 0 Å². The minimum Gasteiger partial charge on any atom is -0.383 e. The molecule has 0 saturated carbocycles. The van der Waals surface area contributed by atoms with Gasteiger partial charge in [-0.1, -0.05) is 11.6 Å². The van der Waals surface area contributed by atoms with Gasteiger partial charge in [0, 0.05) is 46.0 Å². The highest BCUT2D eigenvalue weighted by Gasteiger charge is 2.34. The highest BCUT2D eigenvalue weighted by molar-refractivity contribution is 6.30. The summed E-state index contributed by atoms with van der Waals surface area (Å²) in [6, 6.07) is 0. The maximum Gasteiger partial charge on any atom is 0.130 e. The van der Waals surface area contributed by atoms with Gasteiger partial charge in [-0.2, -0.15) is 5.10 Å². The van der Waals surface area contributed by atoms with E-state index in [0.717, 1.165) is 63.0 Å². The molecule has 1 aromatic heterocycles. The SMILES string of the molecule is COCCNCC1(Cc2c(C)nn(C)c2Cl)CCOCC1. The van der Waals surface area contributed by atoms with Crippen molar-refractivity contribution in [1.29, 1.82) is 0 Å². The molecule has 5 nitrogen and oxygen atoms in total. The molecule has 1 aliphatic heterocycles. The smallest absolute Gasteiger partial charge is 0.130 e. The first kappa shape index (κ1) is 16.7. The van der Waals surface area contributed by atoms with Crippen LogP contribution in [0.4, 0.5) is 0 Å². The molecule has 0 unspecified atom stereocenters. The predicted octanol–water partition coefficient (Wildman–Crippen LogP) is 1.96. The average Bonchev–Trinajstić information content (AvgIpc) is 2.71. The molecule has 0 spiro atoms. The molecule has 1 aliphatic rings. The second kappa shape index (κ2) is 7.58. The largest absolute Gasteiger partial charge is 0.383 e. The second-order valence-electron chi connectivity index (χ2n) is 5.94. The van der Waals surface area contributed by atoms with Gasteiger partial charge in [0.15, 0.2) is 0 Å². The van der Waals surface area contributed by atoms with E-state index in [2.05, 4.69) is 10.4 Å². The molecule has 2 heterocycles. The standard InChI is InChI=1S/C15H26ClN3O2/c1-12-13(14(16)19(2)18-12)10-15(4-7-21-8-5-15)11-17-6-9-20-3/h17H,4-11H2,1-3H3. The molecule has 0 atom stereocenters. The second-order valence-corrected chi connectivity index (χ2v) is 6.30. The summed E-state index contributed by atoms with van der Waals surface area (Å²) in [6.07, 6.45) is 3.06. The first-order chi connectivity index (χ1) is 10.1. The molecule has 1 N–H and O–H groups in total. The molecule has 6 heteroatoms. The van der Waals surface area contributed by atoms with Crippen molar-refractivity contribution >= 4 is 11.6 Å². The molecular formula is C15H26ClN3O2. The van der Waals surface area contributed by atoms with Crippen molar-refractivity contribution in [3.8, 4) is 0 Å². The van der Waals surface area contributed by atoms with Crippen LogP contribution in [0, 0.1) is 12.3 Å². The van der Waals surface area contributed by atoms with Gasteiger partial charge in [-0.3, -0.25) is 4.68 Å². The third-order valence-corrected chi connectivity index (χ3v) is 4.83. The third-order valence-electron chi connectivity index (χ3n) is 4.36. The molecule has 21 heavy (non-hydrogen) atoms. The molecule has 0 radical (unpaired) electrons. The molecule has 1 saturated heterocycles. The first-order valence-corrected chi connectivity index (χ1v) is 7.91. The summed E-state index contributed by atoms with van der Waals surface area (Å²) in [5.74, 6) is 0. The van der Waals surface area contributed by atoms with Crippen LogP contribution in [0.5, 0.6) is 0 Å². The molecule has 1 fully saturated rings. The molecular weight excluding hydrogens is 290 g/mol. The summed E-state index contributed by atoms with van der Waals surface area (Å²) in [7, 11) is 3.62. The number of nitrogens with one attached hydrogen (secondary N) is 1. The van der Waals surface area contributed by atoms with Crippen molar-refractivity contribution in [1.82, 2.24) is 15.1 Å². The zero-order chi connectivity index (χ0) is 15.3. The Kier molecular flexibility index (Phi) is 6.05. The lowest BCUT2D eigenvalue weighted by Gasteiger charge is -2.37. The van der Waals surface area contributed by atoms with Gasteiger partial charge in [-0.15, -0.1) is 0 Å². The van der Waals surface area contributed by atoms with Gasteiger partial charge in [0.05, 0.1) is 12.3 Å². The number of nitrogens with zero attached hydrogens (tertiary/aromatic N) is 2. The maximum absolute atomic E-state index is 6.41. The first-order valence-electron chi connectivity index (χ1n) is 7.53. The van der Waals surface area contributed by atoms with Crippen molar-refractivity contribution in [3.05, 3.63) is 16.4 Å². The summed E-state index contributed by atoms with van der Waals surface area (Å²) in [4.78, 5) is 0. The Morgan fingerprint density at radius 3 is 2.71 bits per heavy atom. The summed E-state index contributed by atoms with van der Waals surface area (Å²) in [5, 5.41) is 8.70. The number of hydrogen-bond donors (Lipinski definition) is 1. The van der Waals surface area contributed by atoms with Crippen LogP contribution < -0.4 is 5.32 Å². The lowest BCUT2D eigenvalue weighted by molar-refractivity contribution is 0.0142. The van der Waals surface area contributed by atoms with Crippen molar-refractivity contribution in [2.24, 2.45) is 12.5 Å². The van der Waals surface area contributed by atoms with E-state index in [0.29, 0.717) is 0 Å². The fourth-order valence-corrected chi connectivity index (χ4v) is 3.24. The number of halogens is 1. The predicted molar refractivity (Wildman–Crippen MR) is 83.9 cm³/mol. The summed E-state index contributed by atoms with van der Waals surface area (Å²) in [5.41, 5.74) is 2.41. The Morgan fingerprint density at radius 2 is 2.14 bits per heavy atom. The quantitative estimate of drug-likeness (QED) is 0.781. The Balaban J connectivity index is 2.08. The molecule has 120 valence electrons. The van der Waals surface area contributed by atoms with Crippen molar-refractivity contribution in [2.75, 3.05) is 40.0 Å². The van der Waals surface area contributed by atoms with Crippen LogP contribution in [0.15, 0.2) is 0 Å². The van der Waals surface area contributed by atoms with Crippen LogP contribution in [0.2, 0.25) is 5.15 Å². The van der Waals surface area contributed by atoms with E-state index in [-0.39, 0.29) is 5.41 Å². The van der Waals surface area contributed by atoms with Crippen molar-refractivity contribution in [3.63, 3.8) is 0 Å². The van der Waals surface area contributed by atoms with E-state index in [9.17, 15) is 0 Å². The number of aromatic nitrogens is 2. The number of hydrogen-bond acceptors (Lipinski definition) is 4. The van der Waals surface area contributed by atoms with Crippen LogP contribution in [0.25, 0.3) is 0 Å². The van der Waals surface area contributed by atoms with Gasteiger partial charge in [0.25, 0.3) is 0 Å². The monoisotopic (exact) mass is 315 g/mol. The number of rotatable bonds is 7. The maximum atomic E-state index is 6.41. The van der Waals surface area contributed by atoms with Crippen LogP contribution >= 0.6 is 11.6 Å². The molecule has 0 aliphatic carbocycles. The van der Waals surface area contributed by atoms with Crippen LogP contribution in [-0.4, -0.2) is 49.8 Å². The summed E-state index contributed by atoms with van der Waals surface area (Å²) >= 11 is 6.41. The third kappa shape index (κ3) is 4.19.